The molecule has 0 saturated carbocycles. The summed E-state index contributed by atoms with van der Waals surface area (Å²) in [5.41, 5.74) is 0. The molecule has 0 aliphatic rings. The Kier molecular flexibility index (Phi) is 4.90. The lowest BCUT2D eigenvalue weighted by Gasteiger charge is -2.06. The van der Waals surface area contributed by atoms with Gasteiger partial charge in [-0.2, -0.15) is 0 Å². The standard InChI is InChI=1S/C14H15NO2S/c1-16-12-5-7-13(8-6-12)17-10-11-18-14-4-2-3-9-15-14/h2-9H,10-11H2,1H3. The Morgan fingerprint density at radius 2 is 1.83 bits per heavy atom. The second-order valence-electron chi connectivity index (χ2n) is 3.54. The van der Waals surface area contributed by atoms with Crippen LogP contribution in [-0.2, 0) is 0 Å². The number of rotatable bonds is 6. The number of nitrogens with zero attached hydrogens (tertiary/aromatic N) is 1. The molecule has 0 fully saturated rings. The Balaban J connectivity index is 1.72. The topological polar surface area (TPSA) is 31.4 Å². The van der Waals surface area contributed by atoms with Gasteiger partial charge in [0.1, 0.15) is 11.5 Å². The van der Waals surface area contributed by atoms with Crippen molar-refractivity contribution in [1.82, 2.24) is 4.98 Å². The van der Waals surface area contributed by atoms with Gasteiger partial charge in [0.15, 0.2) is 0 Å². The summed E-state index contributed by atoms with van der Waals surface area (Å²) in [6.07, 6.45) is 1.80. The zero-order chi connectivity index (χ0) is 12.6. The fourth-order valence-corrected chi connectivity index (χ4v) is 2.10. The lowest BCUT2D eigenvalue weighted by molar-refractivity contribution is 0.342. The van der Waals surface area contributed by atoms with E-state index < -0.39 is 0 Å². The van der Waals surface area contributed by atoms with E-state index in [0.29, 0.717) is 6.61 Å². The zero-order valence-corrected chi connectivity index (χ0v) is 11.0. The smallest absolute Gasteiger partial charge is 0.119 e. The Morgan fingerprint density at radius 1 is 1.06 bits per heavy atom. The molecule has 2 rings (SSSR count). The maximum Gasteiger partial charge on any atom is 0.119 e. The molecule has 0 spiro atoms. The van der Waals surface area contributed by atoms with Gasteiger partial charge < -0.3 is 9.47 Å². The van der Waals surface area contributed by atoms with Gasteiger partial charge in [-0.05, 0) is 36.4 Å². The lowest BCUT2D eigenvalue weighted by atomic mass is 10.3. The quantitative estimate of drug-likeness (QED) is 0.590. The number of methoxy groups -OCH3 is 1. The molecular weight excluding hydrogens is 246 g/mol. The molecule has 0 saturated heterocycles. The van der Waals surface area contributed by atoms with Crippen LogP contribution >= 0.6 is 11.8 Å². The van der Waals surface area contributed by atoms with Crippen LogP contribution in [0.4, 0.5) is 0 Å². The molecule has 0 atom stereocenters. The van der Waals surface area contributed by atoms with Crippen LogP contribution in [-0.4, -0.2) is 24.5 Å². The van der Waals surface area contributed by atoms with E-state index in [2.05, 4.69) is 4.98 Å². The van der Waals surface area contributed by atoms with Crippen molar-refractivity contribution in [3.05, 3.63) is 48.7 Å². The van der Waals surface area contributed by atoms with Crippen molar-refractivity contribution in [2.75, 3.05) is 19.5 Å². The number of hydrogen-bond acceptors (Lipinski definition) is 4. The average Bonchev–Trinajstić information content (AvgIpc) is 2.45. The van der Waals surface area contributed by atoms with Gasteiger partial charge in [0.2, 0.25) is 0 Å². The van der Waals surface area contributed by atoms with Crippen molar-refractivity contribution in [2.45, 2.75) is 5.03 Å². The van der Waals surface area contributed by atoms with Crippen molar-refractivity contribution in [3.8, 4) is 11.5 Å². The van der Waals surface area contributed by atoms with Crippen molar-refractivity contribution < 1.29 is 9.47 Å². The molecule has 94 valence electrons. The van der Waals surface area contributed by atoms with Crippen LogP contribution < -0.4 is 9.47 Å². The van der Waals surface area contributed by atoms with Crippen LogP contribution in [0.25, 0.3) is 0 Å². The summed E-state index contributed by atoms with van der Waals surface area (Å²) < 4.78 is 10.7. The minimum Gasteiger partial charge on any atom is -0.497 e. The van der Waals surface area contributed by atoms with E-state index in [0.717, 1.165) is 22.3 Å². The highest BCUT2D eigenvalue weighted by Gasteiger charge is 1.97. The van der Waals surface area contributed by atoms with Crippen molar-refractivity contribution in [3.63, 3.8) is 0 Å². The third-order valence-corrected chi connectivity index (χ3v) is 3.21. The molecule has 1 heterocycles. The van der Waals surface area contributed by atoms with Crippen LogP contribution in [0.2, 0.25) is 0 Å². The highest BCUT2D eigenvalue weighted by atomic mass is 32.2. The Morgan fingerprint density at radius 3 is 2.50 bits per heavy atom. The number of benzene rings is 1. The minimum absolute atomic E-state index is 0.660. The third-order valence-electron chi connectivity index (χ3n) is 2.30. The number of thioether (sulfide) groups is 1. The molecule has 2 aromatic rings. The van der Waals surface area contributed by atoms with E-state index in [1.807, 2.05) is 42.5 Å². The van der Waals surface area contributed by atoms with Crippen LogP contribution in [0, 0.1) is 0 Å². The molecule has 0 amide bonds. The van der Waals surface area contributed by atoms with E-state index >= 15 is 0 Å². The number of hydrogen-bond donors (Lipinski definition) is 0. The molecule has 0 aliphatic carbocycles. The Hall–Kier alpha value is -1.68. The summed E-state index contributed by atoms with van der Waals surface area (Å²) in [7, 11) is 1.65. The Bertz CT molecular complexity index is 459. The summed E-state index contributed by atoms with van der Waals surface area (Å²) in [5, 5.41) is 1.02. The van der Waals surface area contributed by atoms with Crippen molar-refractivity contribution >= 4 is 11.8 Å². The highest BCUT2D eigenvalue weighted by molar-refractivity contribution is 7.99. The fourth-order valence-electron chi connectivity index (χ4n) is 1.41. The number of pyridine rings is 1. The summed E-state index contributed by atoms with van der Waals surface area (Å²) in [4.78, 5) is 4.24. The maximum absolute atomic E-state index is 5.62. The van der Waals surface area contributed by atoms with Gasteiger partial charge in [0, 0.05) is 11.9 Å². The van der Waals surface area contributed by atoms with E-state index in [4.69, 9.17) is 9.47 Å². The first-order valence-corrected chi connectivity index (χ1v) is 6.68. The second kappa shape index (κ2) is 6.91. The van der Waals surface area contributed by atoms with E-state index in [-0.39, 0.29) is 0 Å². The molecule has 0 unspecified atom stereocenters. The van der Waals surface area contributed by atoms with Gasteiger partial charge in [-0.15, -0.1) is 11.8 Å². The van der Waals surface area contributed by atoms with Crippen LogP contribution in [0.5, 0.6) is 11.5 Å². The third kappa shape index (κ3) is 3.96. The van der Waals surface area contributed by atoms with E-state index in [9.17, 15) is 0 Å². The lowest BCUT2D eigenvalue weighted by Crippen LogP contribution is -2.00. The molecule has 0 bridgehead atoms. The number of ether oxygens (including phenoxy) is 2. The molecule has 1 aromatic carbocycles. The van der Waals surface area contributed by atoms with Gasteiger partial charge >= 0.3 is 0 Å². The first kappa shape index (κ1) is 12.8. The summed E-state index contributed by atoms with van der Waals surface area (Å²) >= 11 is 1.69. The monoisotopic (exact) mass is 261 g/mol. The molecule has 18 heavy (non-hydrogen) atoms. The molecule has 0 aliphatic heterocycles. The fraction of sp³-hybridized carbons (Fsp3) is 0.214. The summed E-state index contributed by atoms with van der Waals surface area (Å²) in [6, 6.07) is 13.5. The number of aromatic nitrogens is 1. The van der Waals surface area contributed by atoms with Crippen molar-refractivity contribution in [1.29, 1.82) is 0 Å². The minimum atomic E-state index is 0.660. The first-order valence-electron chi connectivity index (χ1n) is 5.69. The van der Waals surface area contributed by atoms with Gasteiger partial charge in [-0.25, -0.2) is 4.98 Å². The second-order valence-corrected chi connectivity index (χ2v) is 4.66. The summed E-state index contributed by atoms with van der Waals surface area (Å²) in [5.74, 6) is 2.57. The molecule has 0 N–H and O–H groups in total. The highest BCUT2D eigenvalue weighted by Crippen LogP contribution is 2.18. The predicted octanol–water partition coefficient (Wildman–Crippen LogP) is 3.26. The van der Waals surface area contributed by atoms with Gasteiger partial charge in [-0.3, -0.25) is 0 Å². The van der Waals surface area contributed by atoms with Crippen LogP contribution in [0.1, 0.15) is 0 Å². The molecule has 3 nitrogen and oxygen atoms in total. The molecule has 4 heteroatoms. The average molecular weight is 261 g/mol. The maximum atomic E-state index is 5.62. The normalized spacial score (nSPS) is 10.1. The molecular formula is C14H15NO2S. The zero-order valence-electron chi connectivity index (χ0n) is 10.2. The molecule has 0 radical (unpaired) electrons. The van der Waals surface area contributed by atoms with Crippen LogP contribution in [0.15, 0.2) is 53.7 Å². The molecule has 1 aromatic heterocycles. The summed E-state index contributed by atoms with van der Waals surface area (Å²) in [6.45, 7) is 0.660. The first-order chi connectivity index (χ1) is 8.88. The largest absolute Gasteiger partial charge is 0.497 e. The van der Waals surface area contributed by atoms with Gasteiger partial charge in [0.25, 0.3) is 0 Å². The predicted molar refractivity (Wildman–Crippen MR) is 73.5 cm³/mol. The van der Waals surface area contributed by atoms with Gasteiger partial charge in [0.05, 0.1) is 18.7 Å². The van der Waals surface area contributed by atoms with Crippen LogP contribution in [0.3, 0.4) is 0 Å². The van der Waals surface area contributed by atoms with Gasteiger partial charge in [-0.1, -0.05) is 6.07 Å². The van der Waals surface area contributed by atoms with E-state index in [1.165, 1.54) is 0 Å². The van der Waals surface area contributed by atoms with Crippen molar-refractivity contribution in [2.24, 2.45) is 0 Å². The van der Waals surface area contributed by atoms with E-state index in [1.54, 1.807) is 25.1 Å². The Labute approximate surface area is 111 Å². The SMILES string of the molecule is COc1ccc(OCCSc2ccccn2)cc1.